The third-order valence-corrected chi connectivity index (χ3v) is 4.38. The van der Waals surface area contributed by atoms with E-state index in [1.807, 2.05) is 6.07 Å². The molecule has 1 aromatic rings. The molecular weight excluding hydrogens is 236 g/mol. The Morgan fingerprint density at radius 1 is 1.42 bits per heavy atom. The van der Waals surface area contributed by atoms with Gasteiger partial charge in [0.25, 0.3) is 0 Å². The van der Waals surface area contributed by atoms with Crippen LogP contribution in [0.4, 0.5) is 0 Å². The van der Waals surface area contributed by atoms with E-state index in [-0.39, 0.29) is 11.8 Å². The fraction of sp³-hybridized carbons (Fsp3) is 0.588. The molecule has 2 rings (SSSR count). The maximum Gasteiger partial charge on any atom is 0.139 e. The SMILES string of the molecule is CCC(C)C(=O)C1CCCc2ccc(OC)cc2C1. The Labute approximate surface area is 116 Å². The van der Waals surface area contributed by atoms with E-state index in [9.17, 15) is 4.79 Å². The molecule has 0 aromatic heterocycles. The molecule has 1 aliphatic rings. The molecular formula is C17H24O2. The molecule has 0 bridgehead atoms. The van der Waals surface area contributed by atoms with E-state index in [0.29, 0.717) is 5.78 Å². The molecule has 0 fully saturated rings. The number of rotatable bonds is 4. The van der Waals surface area contributed by atoms with Gasteiger partial charge in [-0.3, -0.25) is 4.79 Å². The molecule has 0 saturated heterocycles. The van der Waals surface area contributed by atoms with Crippen molar-refractivity contribution in [2.45, 2.75) is 46.0 Å². The number of Topliss-reactive ketones (excluding diaryl/α,β-unsaturated/α-hetero) is 1. The Kier molecular flexibility index (Phi) is 4.62. The van der Waals surface area contributed by atoms with Gasteiger partial charge >= 0.3 is 0 Å². The number of fused-ring (bicyclic) bond motifs is 1. The van der Waals surface area contributed by atoms with Gasteiger partial charge in [0.2, 0.25) is 0 Å². The number of methoxy groups -OCH3 is 1. The van der Waals surface area contributed by atoms with Gasteiger partial charge in [0.15, 0.2) is 0 Å². The molecule has 2 heteroatoms. The first-order chi connectivity index (χ1) is 9.15. The molecule has 0 amide bonds. The maximum absolute atomic E-state index is 12.4. The Hall–Kier alpha value is -1.31. The minimum absolute atomic E-state index is 0.192. The van der Waals surface area contributed by atoms with E-state index in [4.69, 9.17) is 4.74 Å². The van der Waals surface area contributed by atoms with E-state index >= 15 is 0 Å². The smallest absolute Gasteiger partial charge is 0.139 e. The summed E-state index contributed by atoms with van der Waals surface area (Å²) in [7, 11) is 1.69. The fourth-order valence-electron chi connectivity index (χ4n) is 2.92. The average molecular weight is 260 g/mol. The van der Waals surface area contributed by atoms with Crippen molar-refractivity contribution in [2.24, 2.45) is 11.8 Å². The van der Waals surface area contributed by atoms with Gasteiger partial charge in [0, 0.05) is 11.8 Å². The summed E-state index contributed by atoms with van der Waals surface area (Å²) in [6.45, 7) is 4.15. The highest BCUT2D eigenvalue weighted by Crippen LogP contribution is 2.29. The lowest BCUT2D eigenvalue weighted by atomic mass is 9.86. The second-order valence-electron chi connectivity index (χ2n) is 5.64. The summed E-state index contributed by atoms with van der Waals surface area (Å²) in [4.78, 5) is 12.4. The number of hydrogen-bond acceptors (Lipinski definition) is 2. The van der Waals surface area contributed by atoms with Gasteiger partial charge < -0.3 is 4.74 Å². The van der Waals surface area contributed by atoms with Gasteiger partial charge in [0.05, 0.1) is 7.11 Å². The molecule has 0 heterocycles. The van der Waals surface area contributed by atoms with Crippen LogP contribution in [-0.2, 0) is 17.6 Å². The van der Waals surface area contributed by atoms with E-state index in [1.54, 1.807) is 7.11 Å². The first-order valence-corrected chi connectivity index (χ1v) is 7.35. The Morgan fingerprint density at radius 3 is 2.89 bits per heavy atom. The van der Waals surface area contributed by atoms with Crippen LogP contribution in [0, 0.1) is 11.8 Å². The van der Waals surface area contributed by atoms with E-state index < -0.39 is 0 Å². The van der Waals surface area contributed by atoms with Crippen molar-refractivity contribution < 1.29 is 9.53 Å². The van der Waals surface area contributed by atoms with Crippen molar-refractivity contribution in [3.05, 3.63) is 29.3 Å². The van der Waals surface area contributed by atoms with Crippen molar-refractivity contribution >= 4 is 5.78 Å². The Balaban J connectivity index is 2.21. The second-order valence-corrected chi connectivity index (χ2v) is 5.64. The van der Waals surface area contributed by atoms with Crippen LogP contribution in [0.1, 0.15) is 44.2 Å². The zero-order valence-electron chi connectivity index (χ0n) is 12.2. The summed E-state index contributed by atoms with van der Waals surface area (Å²) < 4.78 is 5.30. The van der Waals surface area contributed by atoms with E-state index in [0.717, 1.165) is 37.9 Å². The van der Waals surface area contributed by atoms with Gasteiger partial charge in [-0.1, -0.05) is 19.9 Å². The van der Waals surface area contributed by atoms with Crippen LogP contribution in [-0.4, -0.2) is 12.9 Å². The average Bonchev–Trinajstić information content (AvgIpc) is 2.66. The molecule has 2 unspecified atom stereocenters. The molecule has 0 aliphatic heterocycles. The first-order valence-electron chi connectivity index (χ1n) is 7.35. The number of ketones is 1. The van der Waals surface area contributed by atoms with Crippen molar-refractivity contribution in [3.8, 4) is 5.75 Å². The summed E-state index contributed by atoms with van der Waals surface area (Å²) in [6, 6.07) is 6.29. The number of carbonyl (C=O) groups excluding carboxylic acids is 1. The van der Waals surface area contributed by atoms with Crippen LogP contribution in [0.2, 0.25) is 0 Å². The van der Waals surface area contributed by atoms with Crippen molar-refractivity contribution in [2.75, 3.05) is 7.11 Å². The minimum atomic E-state index is 0.192. The second kappa shape index (κ2) is 6.23. The number of benzene rings is 1. The molecule has 104 valence electrons. The number of hydrogen-bond donors (Lipinski definition) is 0. The quantitative estimate of drug-likeness (QED) is 0.770. The predicted octanol–water partition coefficient (Wildman–Crippen LogP) is 3.81. The molecule has 1 aromatic carbocycles. The van der Waals surface area contributed by atoms with Crippen molar-refractivity contribution in [3.63, 3.8) is 0 Å². The normalized spacial score (nSPS) is 20.3. The fourth-order valence-corrected chi connectivity index (χ4v) is 2.92. The van der Waals surface area contributed by atoms with Crippen LogP contribution >= 0.6 is 0 Å². The lowest BCUT2D eigenvalue weighted by Gasteiger charge is -2.17. The van der Waals surface area contributed by atoms with Crippen LogP contribution in [0.25, 0.3) is 0 Å². The van der Waals surface area contributed by atoms with Gasteiger partial charge in [-0.15, -0.1) is 0 Å². The lowest BCUT2D eigenvalue weighted by molar-refractivity contribution is -0.126. The lowest BCUT2D eigenvalue weighted by Crippen LogP contribution is -2.22. The van der Waals surface area contributed by atoms with Gasteiger partial charge in [-0.25, -0.2) is 0 Å². The monoisotopic (exact) mass is 260 g/mol. The topological polar surface area (TPSA) is 26.3 Å². The highest BCUT2D eigenvalue weighted by molar-refractivity contribution is 5.83. The molecule has 0 radical (unpaired) electrons. The standard InChI is InChI=1S/C17H24O2/c1-4-12(2)17(18)14-7-5-6-13-8-9-16(19-3)11-15(13)10-14/h8-9,11-12,14H,4-7,10H2,1-3H3. The summed E-state index contributed by atoms with van der Waals surface area (Å²) in [5.74, 6) is 1.73. The summed E-state index contributed by atoms with van der Waals surface area (Å²) in [5.41, 5.74) is 2.69. The Bertz CT molecular complexity index is 451. The third kappa shape index (κ3) is 3.17. The summed E-state index contributed by atoms with van der Waals surface area (Å²) in [5, 5.41) is 0. The van der Waals surface area contributed by atoms with Crippen molar-refractivity contribution in [1.82, 2.24) is 0 Å². The number of carbonyl (C=O) groups is 1. The van der Waals surface area contributed by atoms with Crippen LogP contribution in [0.3, 0.4) is 0 Å². The molecule has 1 aliphatic carbocycles. The highest BCUT2D eigenvalue weighted by atomic mass is 16.5. The van der Waals surface area contributed by atoms with Crippen LogP contribution < -0.4 is 4.74 Å². The summed E-state index contributed by atoms with van der Waals surface area (Å²) in [6.07, 6.45) is 5.06. The Morgan fingerprint density at radius 2 is 2.21 bits per heavy atom. The molecule has 0 saturated carbocycles. The van der Waals surface area contributed by atoms with E-state index in [1.165, 1.54) is 11.1 Å². The molecule has 2 atom stereocenters. The number of aryl methyl sites for hydroxylation is 1. The van der Waals surface area contributed by atoms with Gasteiger partial charge in [-0.2, -0.15) is 0 Å². The molecule has 2 nitrogen and oxygen atoms in total. The van der Waals surface area contributed by atoms with Crippen LogP contribution in [0.5, 0.6) is 5.75 Å². The van der Waals surface area contributed by atoms with Gasteiger partial charge in [-0.05, 0) is 55.4 Å². The zero-order chi connectivity index (χ0) is 13.8. The van der Waals surface area contributed by atoms with Crippen LogP contribution in [0.15, 0.2) is 18.2 Å². The van der Waals surface area contributed by atoms with E-state index in [2.05, 4.69) is 26.0 Å². The van der Waals surface area contributed by atoms with Crippen molar-refractivity contribution in [1.29, 1.82) is 0 Å². The number of ether oxygens (including phenoxy) is 1. The summed E-state index contributed by atoms with van der Waals surface area (Å²) >= 11 is 0. The zero-order valence-corrected chi connectivity index (χ0v) is 12.2. The highest BCUT2D eigenvalue weighted by Gasteiger charge is 2.25. The largest absolute Gasteiger partial charge is 0.497 e. The first kappa shape index (κ1) is 14.1. The third-order valence-electron chi connectivity index (χ3n) is 4.38. The van der Waals surface area contributed by atoms with Gasteiger partial charge in [0.1, 0.15) is 11.5 Å². The molecule has 0 N–H and O–H groups in total. The molecule has 19 heavy (non-hydrogen) atoms. The molecule has 0 spiro atoms. The predicted molar refractivity (Wildman–Crippen MR) is 77.6 cm³/mol. The minimum Gasteiger partial charge on any atom is -0.497 e. The maximum atomic E-state index is 12.4.